The van der Waals surface area contributed by atoms with Crippen LogP contribution < -0.4 is 0 Å². The first-order valence-electron chi connectivity index (χ1n) is 4.73. The van der Waals surface area contributed by atoms with Crippen molar-refractivity contribution in [2.75, 3.05) is 0 Å². The van der Waals surface area contributed by atoms with Gasteiger partial charge in [0.05, 0.1) is 0 Å². The highest BCUT2D eigenvalue weighted by atomic mass is 17.0. The van der Waals surface area contributed by atoms with Gasteiger partial charge in [-0.2, -0.15) is 0 Å². The minimum atomic E-state index is 1.03. The van der Waals surface area contributed by atoms with Crippen LogP contribution in [0.2, 0.25) is 0 Å². The van der Waals surface area contributed by atoms with E-state index in [2.05, 4.69) is 60.7 Å². The average Bonchev–Trinajstić information content (AvgIpc) is 2.34. The van der Waals surface area contributed by atoms with E-state index in [-0.39, 0.29) is 0 Å². The lowest BCUT2D eigenvalue weighted by molar-refractivity contribution is -0.176. The molecule has 0 saturated carbocycles. The van der Waals surface area contributed by atoms with Gasteiger partial charge < -0.3 is 0 Å². The molecule has 0 fully saturated rings. The van der Waals surface area contributed by atoms with E-state index < -0.39 is 0 Å². The third-order valence-electron chi connectivity index (χ3n) is 2.09. The van der Waals surface area contributed by atoms with Crippen molar-refractivity contribution in [1.82, 2.24) is 0 Å². The molecule has 0 atom stereocenters. The zero-order chi connectivity index (χ0) is 10.9. The van der Waals surface area contributed by atoms with Crippen LogP contribution in [-0.4, -0.2) is 10.5 Å². The summed E-state index contributed by atoms with van der Waals surface area (Å²) in [6.45, 7) is 0. The van der Waals surface area contributed by atoms with E-state index >= 15 is 0 Å². The number of rotatable bonds is 2. The third-order valence-corrected chi connectivity index (χ3v) is 2.09. The van der Waals surface area contributed by atoms with Crippen LogP contribution in [0, 0.1) is 0 Å². The summed E-state index contributed by atoms with van der Waals surface area (Å²) in [5.74, 6) is 0. The van der Waals surface area contributed by atoms with Crippen LogP contribution in [0.3, 0.4) is 0 Å². The molecule has 0 amide bonds. The zero-order valence-electron chi connectivity index (χ0n) is 8.38. The fraction of sp³-hybridized carbons (Fsp3) is 0.0769. The maximum atomic E-state index is 6.00. The van der Waals surface area contributed by atoms with Crippen LogP contribution in [0.15, 0.2) is 60.7 Å². The molecule has 2 heteroatoms. The van der Waals surface area contributed by atoms with Crippen molar-refractivity contribution in [2.45, 2.75) is 6.42 Å². The molecule has 2 rings (SSSR count). The molecule has 0 aliphatic heterocycles. The van der Waals surface area contributed by atoms with Gasteiger partial charge in [0.1, 0.15) is 0 Å². The van der Waals surface area contributed by atoms with Crippen molar-refractivity contribution in [3.63, 3.8) is 0 Å². The lowest BCUT2D eigenvalue weighted by atomic mass is 10.1. The third kappa shape index (κ3) is 3.94. The largest absolute Gasteiger partial charge is 0.255 e. The molecule has 0 radical (unpaired) electrons. The standard InChI is InChI=1S/C13H12.H2O2/c1-3-7-12(8-4-1)11-13-9-5-2-6-10-13;1-2/h1-10H,11H2;1-2H. The molecule has 0 aliphatic carbocycles. The Bertz CT molecular complexity index is 319. The van der Waals surface area contributed by atoms with E-state index in [4.69, 9.17) is 10.5 Å². The van der Waals surface area contributed by atoms with Crippen molar-refractivity contribution in [3.8, 4) is 0 Å². The van der Waals surface area contributed by atoms with Crippen LogP contribution in [0.5, 0.6) is 0 Å². The highest BCUT2D eigenvalue weighted by Gasteiger charge is 1.92. The summed E-state index contributed by atoms with van der Waals surface area (Å²) in [6, 6.07) is 21.1. The molecule has 0 spiro atoms. The lowest BCUT2D eigenvalue weighted by Gasteiger charge is -2.00. The molecule has 78 valence electrons. The van der Waals surface area contributed by atoms with E-state index in [0.29, 0.717) is 0 Å². The zero-order valence-corrected chi connectivity index (χ0v) is 8.38. The van der Waals surface area contributed by atoms with Crippen molar-refractivity contribution >= 4 is 0 Å². The first-order valence-corrected chi connectivity index (χ1v) is 4.73. The maximum absolute atomic E-state index is 6.00. The molecule has 0 aliphatic rings. The summed E-state index contributed by atoms with van der Waals surface area (Å²) in [5.41, 5.74) is 2.74. The van der Waals surface area contributed by atoms with E-state index in [1.54, 1.807) is 0 Å². The van der Waals surface area contributed by atoms with Gasteiger partial charge in [-0.15, -0.1) is 0 Å². The first-order chi connectivity index (χ1) is 7.45. The first kappa shape index (κ1) is 11.4. The second-order valence-corrected chi connectivity index (χ2v) is 3.15. The molecule has 0 aromatic heterocycles. The van der Waals surface area contributed by atoms with Gasteiger partial charge in [0.25, 0.3) is 0 Å². The molecule has 0 saturated heterocycles. The predicted molar refractivity (Wildman–Crippen MR) is 60.9 cm³/mol. The average molecular weight is 202 g/mol. The van der Waals surface area contributed by atoms with Crippen molar-refractivity contribution in [1.29, 1.82) is 0 Å². The van der Waals surface area contributed by atoms with Crippen molar-refractivity contribution in [2.24, 2.45) is 0 Å². The quantitative estimate of drug-likeness (QED) is 0.579. The Morgan fingerprint density at radius 1 is 0.600 bits per heavy atom. The van der Waals surface area contributed by atoms with Gasteiger partial charge in [0.15, 0.2) is 0 Å². The van der Waals surface area contributed by atoms with E-state index in [0.717, 1.165) is 6.42 Å². The topological polar surface area (TPSA) is 40.5 Å². The number of benzene rings is 2. The minimum Gasteiger partial charge on any atom is -0.255 e. The second-order valence-electron chi connectivity index (χ2n) is 3.15. The van der Waals surface area contributed by atoms with E-state index in [9.17, 15) is 0 Å². The minimum absolute atomic E-state index is 1.03. The monoisotopic (exact) mass is 202 g/mol. The summed E-state index contributed by atoms with van der Waals surface area (Å²) in [6.07, 6.45) is 1.03. The van der Waals surface area contributed by atoms with Crippen molar-refractivity contribution < 1.29 is 10.5 Å². The highest BCUT2D eigenvalue weighted by molar-refractivity contribution is 5.25. The van der Waals surface area contributed by atoms with E-state index in [1.807, 2.05) is 0 Å². The molecule has 0 unspecified atom stereocenters. The van der Waals surface area contributed by atoms with Crippen molar-refractivity contribution in [3.05, 3.63) is 71.8 Å². The Labute approximate surface area is 89.4 Å². The normalized spacial score (nSPS) is 8.93. The Hall–Kier alpha value is -1.64. The van der Waals surface area contributed by atoms with Crippen LogP contribution in [-0.2, 0) is 6.42 Å². The lowest BCUT2D eigenvalue weighted by Crippen LogP contribution is -1.85. The fourth-order valence-electron chi connectivity index (χ4n) is 1.43. The summed E-state index contributed by atoms with van der Waals surface area (Å²) < 4.78 is 0. The summed E-state index contributed by atoms with van der Waals surface area (Å²) >= 11 is 0. The molecule has 2 aromatic carbocycles. The maximum Gasteiger partial charge on any atom is -0.00258 e. The Morgan fingerprint density at radius 3 is 1.27 bits per heavy atom. The van der Waals surface area contributed by atoms with Gasteiger partial charge in [0, 0.05) is 0 Å². The fourth-order valence-corrected chi connectivity index (χ4v) is 1.43. The van der Waals surface area contributed by atoms with Gasteiger partial charge >= 0.3 is 0 Å². The molecule has 2 N–H and O–H groups in total. The Balaban J connectivity index is 0.000000531. The van der Waals surface area contributed by atoms with Gasteiger partial charge in [-0.05, 0) is 17.5 Å². The molecule has 15 heavy (non-hydrogen) atoms. The van der Waals surface area contributed by atoms with Gasteiger partial charge in [-0.3, -0.25) is 10.5 Å². The molecular weight excluding hydrogens is 188 g/mol. The summed E-state index contributed by atoms with van der Waals surface area (Å²) in [5, 5.41) is 12.0. The molecule has 0 heterocycles. The van der Waals surface area contributed by atoms with Gasteiger partial charge in [-0.1, -0.05) is 60.7 Å². The Morgan fingerprint density at radius 2 is 0.933 bits per heavy atom. The van der Waals surface area contributed by atoms with Gasteiger partial charge in [0.2, 0.25) is 0 Å². The molecule has 2 nitrogen and oxygen atoms in total. The summed E-state index contributed by atoms with van der Waals surface area (Å²) in [7, 11) is 0. The molecule has 2 aromatic rings. The van der Waals surface area contributed by atoms with Crippen LogP contribution in [0.25, 0.3) is 0 Å². The van der Waals surface area contributed by atoms with Gasteiger partial charge in [-0.25, -0.2) is 0 Å². The summed E-state index contributed by atoms with van der Waals surface area (Å²) in [4.78, 5) is 0. The van der Waals surface area contributed by atoms with E-state index in [1.165, 1.54) is 11.1 Å². The molecule has 0 bridgehead atoms. The number of hydrogen-bond donors (Lipinski definition) is 2. The number of hydrogen-bond acceptors (Lipinski definition) is 2. The van der Waals surface area contributed by atoms with Crippen LogP contribution >= 0.6 is 0 Å². The molecular formula is C13H14O2. The Kier molecular flexibility index (Phi) is 5.15. The highest BCUT2D eigenvalue weighted by Crippen LogP contribution is 2.07. The van der Waals surface area contributed by atoms with Crippen LogP contribution in [0.1, 0.15) is 11.1 Å². The van der Waals surface area contributed by atoms with Crippen LogP contribution in [0.4, 0.5) is 0 Å². The smallest absolute Gasteiger partial charge is 0.00258 e. The SMILES string of the molecule is OO.c1ccc(Cc2ccccc2)cc1. The predicted octanol–water partition coefficient (Wildman–Crippen LogP) is 3.29. The second kappa shape index (κ2) is 6.76.